The van der Waals surface area contributed by atoms with Gasteiger partial charge in [0.2, 0.25) is 0 Å². The summed E-state index contributed by atoms with van der Waals surface area (Å²) in [5, 5.41) is 0. The number of hydrogen-bond acceptors (Lipinski definition) is 3. The maximum absolute atomic E-state index is 4.20. The van der Waals surface area contributed by atoms with Gasteiger partial charge >= 0.3 is 0 Å². The lowest BCUT2D eigenvalue weighted by Crippen LogP contribution is -1.89. The van der Waals surface area contributed by atoms with Crippen LogP contribution in [-0.4, -0.2) is 15.0 Å². The number of pyridine rings is 1. The lowest BCUT2D eigenvalue weighted by atomic mass is 10.2. The molecule has 3 nitrogen and oxygen atoms in total. The SMILES string of the molecule is Cc1cc(-c2ncc(Br)cn2)ccn1. The van der Waals surface area contributed by atoms with Crippen LogP contribution in [-0.2, 0) is 0 Å². The second-order valence-electron chi connectivity index (χ2n) is 2.91. The first kappa shape index (κ1) is 9.27. The minimum atomic E-state index is 0.721. The molecule has 0 bridgehead atoms. The summed E-state index contributed by atoms with van der Waals surface area (Å²) in [6, 6.07) is 3.86. The van der Waals surface area contributed by atoms with Crippen molar-refractivity contribution < 1.29 is 0 Å². The molecule has 70 valence electrons. The monoisotopic (exact) mass is 249 g/mol. The third-order valence-corrected chi connectivity index (χ3v) is 2.18. The topological polar surface area (TPSA) is 38.7 Å². The summed E-state index contributed by atoms with van der Waals surface area (Å²) >= 11 is 3.30. The highest BCUT2D eigenvalue weighted by Gasteiger charge is 2.00. The Kier molecular flexibility index (Phi) is 2.54. The van der Waals surface area contributed by atoms with Gasteiger partial charge in [0.1, 0.15) is 0 Å². The van der Waals surface area contributed by atoms with E-state index in [4.69, 9.17) is 0 Å². The van der Waals surface area contributed by atoms with Crippen LogP contribution in [0.1, 0.15) is 5.69 Å². The van der Waals surface area contributed by atoms with Crippen LogP contribution in [0, 0.1) is 6.92 Å². The van der Waals surface area contributed by atoms with Gasteiger partial charge in [-0.2, -0.15) is 0 Å². The third kappa shape index (κ3) is 1.96. The maximum atomic E-state index is 4.20. The number of hydrogen-bond donors (Lipinski definition) is 0. The van der Waals surface area contributed by atoms with E-state index in [2.05, 4.69) is 30.9 Å². The molecule has 0 radical (unpaired) electrons. The van der Waals surface area contributed by atoms with Crippen LogP contribution in [0.15, 0.2) is 35.2 Å². The van der Waals surface area contributed by atoms with Crippen LogP contribution in [0.5, 0.6) is 0 Å². The molecule has 0 spiro atoms. The quantitative estimate of drug-likeness (QED) is 0.780. The van der Waals surface area contributed by atoms with Crippen molar-refractivity contribution >= 4 is 15.9 Å². The normalized spacial score (nSPS) is 10.1. The first-order chi connectivity index (χ1) is 6.75. The van der Waals surface area contributed by atoms with E-state index in [1.54, 1.807) is 18.6 Å². The molecule has 2 aromatic heterocycles. The molecule has 2 aromatic rings. The number of rotatable bonds is 1. The van der Waals surface area contributed by atoms with E-state index in [0.717, 1.165) is 21.6 Å². The molecule has 0 unspecified atom stereocenters. The minimum absolute atomic E-state index is 0.721. The van der Waals surface area contributed by atoms with Crippen LogP contribution >= 0.6 is 15.9 Å². The van der Waals surface area contributed by atoms with E-state index in [9.17, 15) is 0 Å². The molecular weight excluding hydrogens is 242 g/mol. The van der Waals surface area contributed by atoms with Crippen LogP contribution in [0.4, 0.5) is 0 Å². The Morgan fingerprint density at radius 2 is 1.86 bits per heavy atom. The highest BCUT2D eigenvalue weighted by atomic mass is 79.9. The summed E-state index contributed by atoms with van der Waals surface area (Å²) in [6.45, 7) is 1.95. The van der Waals surface area contributed by atoms with Gasteiger partial charge in [0.05, 0.1) is 4.47 Å². The Hall–Kier alpha value is -1.29. The van der Waals surface area contributed by atoms with E-state index in [-0.39, 0.29) is 0 Å². The third-order valence-electron chi connectivity index (χ3n) is 1.78. The standard InChI is InChI=1S/C10H8BrN3/c1-7-4-8(2-3-12-7)10-13-5-9(11)6-14-10/h2-6H,1H3. The Balaban J connectivity index is 2.44. The fourth-order valence-corrected chi connectivity index (χ4v) is 1.35. The van der Waals surface area contributed by atoms with Crippen LogP contribution in [0.25, 0.3) is 11.4 Å². The van der Waals surface area contributed by atoms with E-state index in [1.165, 1.54) is 0 Å². The van der Waals surface area contributed by atoms with Crippen molar-refractivity contribution in [3.05, 3.63) is 40.9 Å². The molecule has 0 aliphatic rings. The summed E-state index contributed by atoms with van der Waals surface area (Å²) in [5.41, 5.74) is 1.96. The molecule has 0 aliphatic heterocycles. The number of aromatic nitrogens is 3. The van der Waals surface area contributed by atoms with Crippen molar-refractivity contribution in [2.45, 2.75) is 6.92 Å². The predicted octanol–water partition coefficient (Wildman–Crippen LogP) is 2.61. The summed E-state index contributed by atoms with van der Waals surface area (Å²) in [7, 11) is 0. The van der Waals surface area contributed by atoms with Crippen LogP contribution < -0.4 is 0 Å². The minimum Gasteiger partial charge on any atom is -0.262 e. The van der Waals surface area contributed by atoms with Crippen molar-refractivity contribution in [2.24, 2.45) is 0 Å². The Morgan fingerprint density at radius 3 is 2.50 bits per heavy atom. The molecule has 0 saturated heterocycles. The van der Waals surface area contributed by atoms with Crippen LogP contribution in [0.2, 0.25) is 0 Å². The number of nitrogens with zero attached hydrogens (tertiary/aromatic N) is 3. The molecule has 0 saturated carbocycles. The second-order valence-corrected chi connectivity index (χ2v) is 3.83. The number of halogens is 1. The van der Waals surface area contributed by atoms with Gasteiger partial charge < -0.3 is 0 Å². The van der Waals surface area contributed by atoms with Gasteiger partial charge in [0, 0.05) is 29.8 Å². The fraction of sp³-hybridized carbons (Fsp3) is 0.100. The van der Waals surface area contributed by atoms with E-state index in [1.807, 2.05) is 19.1 Å². The molecule has 0 aliphatic carbocycles. The van der Waals surface area contributed by atoms with Gasteiger partial charge in [0.15, 0.2) is 5.82 Å². The van der Waals surface area contributed by atoms with E-state index >= 15 is 0 Å². The lowest BCUT2D eigenvalue weighted by molar-refractivity contribution is 1.14. The summed E-state index contributed by atoms with van der Waals surface area (Å²) in [4.78, 5) is 12.5. The molecule has 0 fully saturated rings. The molecule has 0 N–H and O–H groups in total. The van der Waals surface area contributed by atoms with Crippen LogP contribution in [0.3, 0.4) is 0 Å². The first-order valence-corrected chi connectivity index (χ1v) is 4.95. The van der Waals surface area contributed by atoms with Crippen molar-refractivity contribution in [3.8, 4) is 11.4 Å². The molecule has 0 aromatic carbocycles. The lowest BCUT2D eigenvalue weighted by Gasteiger charge is -1.99. The van der Waals surface area contributed by atoms with E-state index < -0.39 is 0 Å². The molecule has 2 rings (SSSR count). The van der Waals surface area contributed by atoms with Crippen molar-refractivity contribution in [3.63, 3.8) is 0 Å². The maximum Gasteiger partial charge on any atom is 0.159 e. The zero-order valence-corrected chi connectivity index (χ0v) is 9.19. The molecule has 0 atom stereocenters. The summed E-state index contributed by atoms with van der Waals surface area (Å²) < 4.78 is 0.882. The molecule has 14 heavy (non-hydrogen) atoms. The highest BCUT2D eigenvalue weighted by Crippen LogP contribution is 2.15. The highest BCUT2D eigenvalue weighted by molar-refractivity contribution is 9.10. The van der Waals surface area contributed by atoms with Crippen molar-refractivity contribution in [2.75, 3.05) is 0 Å². The zero-order chi connectivity index (χ0) is 9.97. The average molecular weight is 250 g/mol. The molecule has 0 amide bonds. The average Bonchev–Trinajstić information content (AvgIpc) is 2.19. The van der Waals surface area contributed by atoms with Gasteiger partial charge in [-0.1, -0.05) is 0 Å². The van der Waals surface area contributed by atoms with Gasteiger partial charge in [-0.05, 0) is 35.0 Å². The Morgan fingerprint density at radius 1 is 1.14 bits per heavy atom. The summed E-state index contributed by atoms with van der Waals surface area (Å²) in [5.74, 6) is 0.721. The number of aryl methyl sites for hydroxylation is 1. The van der Waals surface area contributed by atoms with Gasteiger partial charge in [-0.25, -0.2) is 9.97 Å². The molecule has 4 heteroatoms. The van der Waals surface area contributed by atoms with Gasteiger partial charge in [-0.15, -0.1) is 0 Å². The fourth-order valence-electron chi connectivity index (χ4n) is 1.15. The Labute approximate surface area is 90.4 Å². The zero-order valence-electron chi connectivity index (χ0n) is 7.61. The van der Waals surface area contributed by atoms with Crippen molar-refractivity contribution in [1.29, 1.82) is 0 Å². The molecule has 2 heterocycles. The molecular formula is C10H8BrN3. The smallest absolute Gasteiger partial charge is 0.159 e. The van der Waals surface area contributed by atoms with Gasteiger partial charge in [-0.3, -0.25) is 4.98 Å². The summed E-state index contributed by atoms with van der Waals surface area (Å²) in [6.07, 6.45) is 5.23. The van der Waals surface area contributed by atoms with Crippen molar-refractivity contribution in [1.82, 2.24) is 15.0 Å². The van der Waals surface area contributed by atoms with Gasteiger partial charge in [0.25, 0.3) is 0 Å². The first-order valence-electron chi connectivity index (χ1n) is 4.16. The predicted molar refractivity (Wildman–Crippen MR) is 57.7 cm³/mol. The van der Waals surface area contributed by atoms with E-state index in [0.29, 0.717) is 0 Å². The Bertz CT molecular complexity index is 439. The largest absolute Gasteiger partial charge is 0.262 e. The second kappa shape index (κ2) is 3.84.